The van der Waals surface area contributed by atoms with Crippen molar-refractivity contribution in [2.24, 2.45) is 0 Å². The van der Waals surface area contributed by atoms with Crippen LogP contribution in [0.15, 0.2) is 24.3 Å². The first-order valence-corrected chi connectivity index (χ1v) is 6.80. The van der Waals surface area contributed by atoms with Crippen LogP contribution in [0.2, 0.25) is 0 Å². The van der Waals surface area contributed by atoms with Crippen LogP contribution < -0.4 is 10.2 Å². The predicted molar refractivity (Wildman–Crippen MR) is 71.7 cm³/mol. The van der Waals surface area contributed by atoms with Crippen molar-refractivity contribution in [3.63, 3.8) is 0 Å². The second-order valence-electron chi connectivity index (χ2n) is 5.11. The fraction of sp³-hybridized carbons (Fsp3) is 0.500. The number of hydrogen-bond acceptors (Lipinski definition) is 2. The van der Waals surface area contributed by atoms with E-state index in [9.17, 15) is 9.18 Å². The van der Waals surface area contributed by atoms with Gasteiger partial charge in [-0.3, -0.25) is 4.90 Å². The number of halogens is 1. The first-order valence-electron chi connectivity index (χ1n) is 6.80. The number of nitrogens with one attached hydrogen (secondary N) is 1. The number of nitrogens with zero attached hydrogens (tertiary/aromatic N) is 2. The quantitative estimate of drug-likeness (QED) is 0.883. The predicted octanol–water partition coefficient (Wildman–Crippen LogP) is 1.82. The highest BCUT2D eigenvalue weighted by Gasteiger charge is 2.34. The first kappa shape index (κ1) is 12.4. The number of piperidine rings is 1. The summed E-state index contributed by atoms with van der Waals surface area (Å²) in [4.78, 5) is 16.0. The Balaban J connectivity index is 1.74. The zero-order chi connectivity index (χ0) is 13.2. The van der Waals surface area contributed by atoms with Crippen LogP contribution in [0.4, 0.5) is 14.9 Å². The van der Waals surface area contributed by atoms with Gasteiger partial charge in [0.1, 0.15) is 5.82 Å². The third kappa shape index (κ3) is 2.42. The van der Waals surface area contributed by atoms with Gasteiger partial charge in [0.05, 0.1) is 0 Å². The van der Waals surface area contributed by atoms with Crippen molar-refractivity contribution in [1.82, 2.24) is 10.2 Å². The van der Waals surface area contributed by atoms with Crippen LogP contribution in [-0.2, 0) is 0 Å². The normalized spacial score (nSPS) is 24.1. The van der Waals surface area contributed by atoms with Gasteiger partial charge in [0.25, 0.3) is 0 Å². The van der Waals surface area contributed by atoms with Crippen LogP contribution in [0, 0.1) is 5.82 Å². The second-order valence-corrected chi connectivity index (χ2v) is 5.11. The molecule has 1 atom stereocenters. The van der Waals surface area contributed by atoms with Gasteiger partial charge in [-0.1, -0.05) is 6.07 Å². The largest absolute Gasteiger partial charge is 0.324 e. The van der Waals surface area contributed by atoms with E-state index in [0.717, 1.165) is 32.5 Å². The Labute approximate surface area is 112 Å². The molecule has 2 heterocycles. The molecule has 4 nitrogen and oxygen atoms in total. The fourth-order valence-corrected chi connectivity index (χ4v) is 2.88. The molecule has 2 aliphatic rings. The van der Waals surface area contributed by atoms with Crippen LogP contribution in [0.1, 0.15) is 12.8 Å². The Morgan fingerprint density at radius 1 is 1.32 bits per heavy atom. The van der Waals surface area contributed by atoms with Crippen molar-refractivity contribution in [3.8, 4) is 0 Å². The Bertz CT molecular complexity index is 474. The van der Waals surface area contributed by atoms with Crippen LogP contribution in [0.5, 0.6) is 0 Å². The number of anilines is 1. The molecular formula is C14H18FN3O. The SMILES string of the molecule is O=C1N(c2cccc(F)c2)CCN1C1CCCNC1. The number of benzene rings is 1. The molecule has 0 saturated carbocycles. The maximum absolute atomic E-state index is 13.2. The number of carbonyl (C=O) groups is 1. The zero-order valence-electron chi connectivity index (χ0n) is 10.8. The van der Waals surface area contributed by atoms with E-state index in [1.165, 1.54) is 12.1 Å². The summed E-state index contributed by atoms with van der Waals surface area (Å²) < 4.78 is 13.2. The smallest absolute Gasteiger partial charge is 0.318 e. The zero-order valence-corrected chi connectivity index (χ0v) is 10.8. The summed E-state index contributed by atoms with van der Waals surface area (Å²) in [5.74, 6) is -0.303. The van der Waals surface area contributed by atoms with E-state index in [4.69, 9.17) is 0 Å². The number of rotatable bonds is 2. The van der Waals surface area contributed by atoms with E-state index in [-0.39, 0.29) is 17.9 Å². The van der Waals surface area contributed by atoms with Crippen LogP contribution >= 0.6 is 0 Å². The van der Waals surface area contributed by atoms with E-state index in [0.29, 0.717) is 12.2 Å². The summed E-state index contributed by atoms with van der Waals surface area (Å²) >= 11 is 0. The minimum absolute atomic E-state index is 0.000648. The van der Waals surface area contributed by atoms with Crippen molar-refractivity contribution in [2.45, 2.75) is 18.9 Å². The van der Waals surface area contributed by atoms with E-state index in [2.05, 4.69) is 5.32 Å². The van der Waals surface area contributed by atoms with Gasteiger partial charge < -0.3 is 10.2 Å². The first-order chi connectivity index (χ1) is 9.25. The highest BCUT2D eigenvalue weighted by molar-refractivity contribution is 5.94. The molecule has 1 unspecified atom stereocenters. The molecule has 0 aromatic heterocycles. The molecule has 0 bridgehead atoms. The Kier molecular flexibility index (Phi) is 3.38. The molecule has 2 aliphatic heterocycles. The van der Waals surface area contributed by atoms with E-state index < -0.39 is 0 Å². The summed E-state index contributed by atoms with van der Waals surface area (Å²) in [6.07, 6.45) is 2.16. The molecule has 0 aliphatic carbocycles. The van der Waals surface area contributed by atoms with Crippen LogP contribution in [-0.4, -0.2) is 43.2 Å². The number of hydrogen-bond donors (Lipinski definition) is 1. The van der Waals surface area contributed by atoms with Crippen molar-refractivity contribution in [3.05, 3.63) is 30.1 Å². The molecule has 1 N–H and O–H groups in total. The average Bonchev–Trinajstić information content (AvgIpc) is 2.81. The summed E-state index contributed by atoms with van der Waals surface area (Å²) in [6, 6.07) is 6.51. The third-order valence-electron chi connectivity index (χ3n) is 3.87. The van der Waals surface area contributed by atoms with Gasteiger partial charge in [-0.25, -0.2) is 9.18 Å². The number of urea groups is 1. The van der Waals surface area contributed by atoms with Crippen molar-refractivity contribution >= 4 is 11.7 Å². The minimum Gasteiger partial charge on any atom is -0.318 e. The Hall–Kier alpha value is -1.62. The average molecular weight is 263 g/mol. The van der Waals surface area contributed by atoms with E-state index in [1.807, 2.05) is 4.90 Å². The summed E-state index contributed by atoms with van der Waals surface area (Å²) in [7, 11) is 0. The summed E-state index contributed by atoms with van der Waals surface area (Å²) in [5, 5.41) is 3.32. The molecule has 0 spiro atoms. The summed E-state index contributed by atoms with van der Waals surface area (Å²) in [6.45, 7) is 3.26. The molecular weight excluding hydrogens is 245 g/mol. The molecule has 19 heavy (non-hydrogen) atoms. The van der Waals surface area contributed by atoms with Crippen molar-refractivity contribution in [2.75, 3.05) is 31.1 Å². The molecule has 102 valence electrons. The van der Waals surface area contributed by atoms with Gasteiger partial charge in [-0.2, -0.15) is 0 Å². The second kappa shape index (κ2) is 5.17. The molecule has 2 amide bonds. The van der Waals surface area contributed by atoms with E-state index >= 15 is 0 Å². The van der Waals surface area contributed by atoms with Crippen molar-refractivity contribution < 1.29 is 9.18 Å². The van der Waals surface area contributed by atoms with Gasteiger partial charge in [-0.05, 0) is 37.6 Å². The molecule has 2 saturated heterocycles. The number of carbonyl (C=O) groups excluding carboxylic acids is 1. The lowest BCUT2D eigenvalue weighted by Crippen LogP contribution is -2.47. The van der Waals surface area contributed by atoms with Gasteiger partial charge in [0, 0.05) is 31.4 Å². The van der Waals surface area contributed by atoms with E-state index in [1.54, 1.807) is 17.0 Å². The van der Waals surface area contributed by atoms with Gasteiger partial charge in [0.15, 0.2) is 0 Å². The van der Waals surface area contributed by atoms with Gasteiger partial charge >= 0.3 is 6.03 Å². The standard InChI is InChI=1S/C14H18FN3O/c15-11-3-1-4-12(9-11)17-7-8-18(14(17)19)13-5-2-6-16-10-13/h1,3-4,9,13,16H,2,5-8,10H2. The maximum Gasteiger partial charge on any atom is 0.324 e. The lowest BCUT2D eigenvalue weighted by molar-refractivity contribution is 0.187. The topological polar surface area (TPSA) is 35.6 Å². The molecule has 3 rings (SSSR count). The molecule has 5 heteroatoms. The van der Waals surface area contributed by atoms with Crippen molar-refractivity contribution in [1.29, 1.82) is 0 Å². The molecule has 1 aromatic carbocycles. The van der Waals surface area contributed by atoms with Gasteiger partial charge in [-0.15, -0.1) is 0 Å². The molecule has 1 aromatic rings. The Morgan fingerprint density at radius 3 is 2.95 bits per heavy atom. The molecule has 0 radical (unpaired) electrons. The monoisotopic (exact) mass is 263 g/mol. The highest BCUT2D eigenvalue weighted by atomic mass is 19.1. The third-order valence-corrected chi connectivity index (χ3v) is 3.87. The summed E-state index contributed by atoms with van der Waals surface area (Å²) in [5.41, 5.74) is 0.649. The highest BCUT2D eigenvalue weighted by Crippen LogP contribution is 2.24. The number of amides is 2. The molecule has 2 fully saturated rings. The lowest BCUT2D eigenvalue weighted by atomic mass is 10.1. The van der Waals surface area contributed by atoms with Crippen LogP contribution in [0.25, 0.3) is 0 Å². The minimum atomic E-state index is -0.303. The maximum atomic E-state index is 13.2. The fourth-order valence-electron chi connectivity index (χ4n) is 2.88. The Morgan fingerprint density at radius 2 is 2.21 bits per heavy atom. The van der Waals surface area contributed by atoms with Crippen LogP contribution in [0.3, 0.4) is 0 Å². The lowest BCUT2D eigenvalue weighted by Gasteiger charge is -2.31. The van der Waals surface area contributed by atoms with Gasteiger partial charge in [0.2, 0.25) is 0 Å².